The molecular formula is C21H17FN6O3S. The predicted octanol–water partition coefficient (Wildman–Crippen LogP) is 3.16. The molecule has 0 saturated heterocycles. The van der Waals surface area contributed by atoms with E-state index >= 15 is 0 Å². The molecule has 9 nitrogen and oxygen atoms in total. The molecule has 0 saturated carbocycles. The summed E-state index contributed by atoms with van der Waals surface area (Å²) in [5, 5.41) is 4.13. The van der Waals surface area contributed by atoms with Crippen LogP contribution in [0.25, 0.3) is 11.4 Å². The number of carbonyl (C=O) groups is 2. The number of anilines is 3. The average molecular weight is 452 g/mol. The lowest BCUT2D eigenvalue weighted by Gasteiger charge is -2.26. The van der Waals surface area contributed by atoms with Gasteiger partial charge >= 0.3 is 0 Å². The van der Waals surface area contributed by atoms with Crippen molar-refractivity contribution < 1.29 is 18.5 Å². The number of nitrogen functional groups attached to an aromatic ring is 1. The smallest absolute Gasteiger partial charge is 0.244 e. The number of ketones is 1. The third-order valence-corrected chi connectivity index (χ3v) is 5.69. The fourth-order valence-corrected chi connectivity index (χ4v) is 3.98. The SMILES string of the molecule is C[C@H](C(N)=O)N(c1ccc(F)cc1)c1nc(N)c(C(=O)c2cc(-c3ccccn3)no2)s1. The predicted molar refractivity (Wildman–Crippen MR) is 117 cm³/mol. The quantitative estimate of drug-likeness (QED) is 0.407. The summed E-state index contributed by atoms with van der Waals surface area (Å²) in [6, 6.07) is 11.3. The zero-order valence-corrected chi connectivity index (χ0v) is 17.5. The van der Waals surface area contributed by atoms with Crippen molar-refractivity contribution in [3.8, 4) is 11.4 Å². The monoisotopic (exact) mass is 452 g/mol. The van der Waals surface area contributed by atoms with Gasteiger partial charge < -0.3 is 20.9 Å². The summed E-state index contributed by atoms with van der Waals surface area (Å²) in [6.45, 7) is 1.57. The number of thiazole rings is 1. The number of benzene rings is 1. The van der Waals surface area contributed by atoms with Crippen LogP contribution in [0.3, 0.4) is 0 Å². The van der Waals surface area contributed by atoms with Gasteiger partial charge in [0.2, 0.25) is 17.5 Å². The number of nitrogens with zero attached hydrogens (tertiary/aromatic N) is 4. The minimum Gasteiger partial charge on any atom is -0.382 e. The van der Waals surface area contributed by atoms with E-state index in [0.717, 1.165) is 11.3 Å². The lowest BCUT2D eigenvalue weighted by Crippen LogP contribution is -2.39. The molecule has 162 valence electrons. The van der Waals surface area contributed by atoms with Gasteiger partial charge in [0.15, 0.2) is 5.13 Å². The van der Waals surface area contributed by atoms with E-state index in [2.05, 4.69) is 15.1 Å². The van der Waals surface area contributed by atoms with Gasteiger partial charge in [0, 0.05) is 18.0 Å². The zero-order valence-electron chi connectivity index (χ0n) is 16.7. The van der Waals surface area contributed by atoms with E-state index in [4.69, 9.17) is 16.0 Å². The number of nitrogens with two attached hydrogens (primary N) is 2. The van der Waals surface area contributed by atoms with Crippen LogP contribution in [0.15, 0.2) is 59.3 Å². The molecule has 3 heterocycles. The number of rotatable bonds is 7. The minimum absolute atomic E-state index is 0.0381. The van der Waals surface area contributed by atoms with Crippen molar-refractivity contribution in [2.75, 3.05) is 10.6 Å². The van der Waals surface area contributed by atoms with Gasteiger partial charge in [-0.2, -0.15) is 0 Å². The van der Waals surface area contributed by atoms with Gasteiger partial charge in [0.1, 0.15) is 28.2 Å². The van der Waals surface area contributed by atoms with Gasteiger partial charge in [0.05, 0.1) is 5.69 Å². The summed E-state index contributed by atoms with van der Waals surface area (Å²) in [5.74, 6) is -1.68. The van der Waals surface area contributed by atoms with Gasteiger partial charge in [-0.15, -0.1) is 0 Å². The Labute approximate surface area is 185 Å². The maximum atomic E-state index is 13.4. The Morgan fingerprint density at radius 3 is 2.56 bits per heavy atom. The fourth-order valence-electron chi connectivity index (χ4n) is 2.94. The molecule has 1 atom stereocenters. The molecule has 0 bridgehead atoms. The fraction of sp³-hybridized carbons (Fsp3) is 0.0952. The molecule has 4 rings (SSSR count). The topological polar surface area (TPSA) is 141 Å². The van der Waals surface area contributed by atoms with E-state index in [1.165, 1.54) is 35.2 Å². The third-order valence-electron chi connectivity index (χ3n) is 4.62. The van der Waals surface area contributed by atoms with E-state index in [-0.39, 0.29) is 21.6 Å². The maximum absolute atomic E-state index is 13.4. The molecule has 0 spiro atoms. The summed E-state index contributed by atoms with van der Waals surface area (Å²) < 4.78 is 18.6. The van der Waals surface area contributed by atoms with Crippen LogP contribution in [0.4, 0.5) is 21.0 Å². The maximum Gasteiger partial charge on any atom is 0.244 e. The van der Waals surface area contributed by atoms with Crippen LogP contribution >= 0.6 is 11.3 Å². The zero-order chi connectivity index (χ0) is 22.8. The van der Waals surface area contributed by atoms with Crippen LogP contribution < -0.4 is 16.4 Å². The third kappa shape index (κ3) is 4.05. The highest BCUT2D eigenvalue weighted by molar-refractivity contribution is 7.18. The normalized spacial score (nSPS) is 11.8. The molecule has 4 aromatic rings. The Hall–Kier alpha value is -4.12. The molecule has 0 radical (unpaired) electrons. The van der Waals surface area contributed by atoms with Gasteiger partial charge in [0.25, 0.3) is 0 Å². The highest BCUT2D eigenvalue weighted by Crippen LogP contribution is 2.36. The van der Waals surface area contributed by atoms with E-state index in [9.17, 15) is 14.0 Å². The molecule has 11 heteroatoms. The number of pyridine rings is 1. The highest BCUT2D eigenvalue weighted by Gasteiger charge is 2.28. The van der Waals surface area contributed by atoms with Crippen LogP contribution in [-0.4, -0.2) is 32.9 Å². The van der Waals surface area contributed by atoms with E-state index in [1.54, 1.807) is 31.3 Å². The van der Waals surface area contributed by atoms with Gasteiger partial charge in [-0.3, -0.25) is 14.6 Å². The molecule has 32 heavy (non-hydrogen) atoms. The van der Waals surface area contributed by atoms with Crippen molar-refractivity contribution in [3.05, 3.63) is 71.2 Å². The molecular weight excluding hydrogens is 435 g/mol. The standard InChI is InChI=1S/C21H17FN6O3S/c1-11(20(24)30)28(13-7-5-12(22)6-8-13)21-26-19(23)18(32-21)17(29)16-10-15(27-31-16)14-4-2-3-9-25-14/h2-11H,23H2,1H3,(H2,24,30)/t11-/m1/s1. The number of hydrogen-bond acceptors (Lipinski definition) is 9. The summed E-state index contributed by atoms with van der Waals surface area (Å²) in [6.07, 6.45) is 1.60. The Kier molecular flexibility index (Phi) is 5.65. The van der Waals surface area contributed by atoms with Crippen LogP contribution in [-0.2, 0) is 4.79 Å². The van der Waals surface area contributed by atoms with Crippen molar-refractivity contribution >= 4 is 39.7 Å². The van der Waals surface area contributed by atoms with Crippen LogP contribution in [0, 0.1) is 5.82 Å². The van der Waals surface area contributed by atoms with Gasteiger partial charge in [-0.25, -0.2) is 9.37 Å². The van der Waals surface area contributed by atoms with E-state index < -0.39 is 23.5 Å². The van der Waals surface area contributed by atoms with Crippen molar-refractivity contribution in [2.45, 2.75) is 13.0 Å². The van der Waals surface area contributed by atoms with E-state index in [0.29, 0.717) is 17.1 Å². The summed E-state index contributed by atoms with van der Waals surface area (Å²) >= 11 is 0.956. The van der Waals surface area contributed by atoms with Gasteiger partial charge in [-0.1, -0.05) is 22.6 Å². The molecule has 3 aromatic heterocycles. The molecule has 4 N–H and O–H groups in total. The first-order valence-electron chi connectivity index (χ1n) is 9.38. The van der Waals surface area contributed by atoms with Crippen molar-refractivity contribution in [1.82, 2.24) is 15.1 Å². The lowest BCUT2D eigenvalue weighted by molar-refractivity contribution is -0.118. The molecule has 0 aliphatic carbocycles. The van der Waals surface area contributed by atoms with Crippen LogP contribution in [0.1, 0.15) is 22.4 Å². The second-order valence-electron chi connectivity index (χ2n) is 6.76. The number of halogens is 1. The Morgan fingerprint density at radius 1 is 1.16 bits per heavy atom. The Bertz CT molecular complexity index is 1270. The van der Waals surface area contributed by atoms with Crippen LogP contribution in [0.2, 0.25) is 0 Å². The second kappa shape index (κ2) is 8.55. The first-order valence-corrected chi connectivity index (χ1v) is 10.2. The first kappa shape index (κ1) is 21.1. The number of aromatic nitrogens is 3. The van der Waals surface area contributed by atoms with Gasteiger partial charge in [-0.05, 0) is 43.3 Å². The molecule has 1 aromatic carbocycles. The molecule has 0 aliphatic heterocycles. The molecule has 1 amide bonds. The number of hydrogen-bond donors (Lipinski definition) is 2. The summed E-state index contributed by atoms with van der Waals surface area (Å²) in [4.78, 5) is 34.9. The lowest BCUT2D eigenvalue weighted by atomic mass is 10.2. The number of carbonyl (C=O) groups excluding carboxylic acids is 2. The van der Waals surface area contributed by atoms with Crippen molar-refractivity contribution in [2.24, 2.45) is 5.73 Å². The molecule has 0 aliphatic rings. The molecule has 0 fully saturated rings. The largest absolute Gasteiger partial charge is 0.382 e. The highest BCUT2D eigenvalue weighted by atomic mass is 32.1. The Morgan fingerprint density at radius 2 is 1.91 bits per heavy atom. The van der Waals surface area contributed by atoms with Crippen molar-refractivity contribution in [3.63, 3.8) is 0 Å². The minimum atomic E-state index is -0.838. The number of primary amides is 1. The molecule has 0 unspecified atom stereocenters. The van der Waals surface area contributed by atoms with E-state index in [1.807, 2.05) is 0 Å². The number of amides is 1. The van der Waals surface area contributed by atoms with Crippen molar-refractivity contribution in [1.29, 1.82) is 0 Å². The first-order chi connectivity index (χ1) is 15.3. The average Bonchev–Trinajstić information content (AvgIpc) is 3.43. The Balaban J connectivity index is 1.69. The summed E-state index contributed by atoms with van der Waals surface area (Å²) in [5.41, 5.74) is 12.9. The summed E-state index contributed by atoms with van der Waals surface area (Å²) in [7, 11) is 0. The van der Waals surface area contributed by atoms with Crippen LogP contribution in [0.5, 0.6) is 0 Å². The second-order valence-corrected chi connectivity index (χ2v) is 7.73.